The molecule has 0 spiro atoms. The van der Waals surface area contributed by atoms with Crippen molar-refractivity contribution in [1.82, 2.24) is 9.97 Å². The Morgan fingerprint density at radius 2 is 2.07 bits per heavy atom. The van der Waals surface area contributed by atoms with Crippen molar-refractivity contribution >= 4 is 11.6 Å². The number of nitrogens with zero attached hydrogens (tertiary/aromatic N) is 1. The first kappa shape index (κ1) is 9.15. The van der Waals surface area contributed by atoms with Gasteiger partial charge in [0, 0.05) is 5.56 Å². The Balaban J connectivity index is 2.55. The molecule has 0 radical (unpaired) electrons. The summed E-state index contributed by atoms with van der Waals surface area (Å²) in [5.74, 6) is -1.03. The lowest BCUT2D eigenvalue weighted by molar-refractivity contribution is 0.603. The number of aromatic nitrogens is 2. The average Bonchev–Trinajstić information content (AvgIpc) is 2.56. The van der Waals surface area contributed by atoms with Gasteiger partial charge in [-0.25, -0.2) is 13.8 Å². The predicted molar refractivity (Wildman–Crippen MR) is 48.9 cm³/mol. The van der Waals surface area contributed by atoms with E-state index in [2.05, 4.69) is 9.97 Å². The fraction of sp³-hybridized carbons (Fsp3) is 0. The summed E-state index contributed by atoms with van der Waals surface area (Å²) < 4.78 is 26.0. The van der Waals surface area contributed by atoms with Crippen LogP contribution in [0.2, 0.25) is 5.28 Å². The number of imidazole rings is 1. The summed E-state index contributed by atoms with van der Waals surface area (Å²) in [4.78, 5) is 6.29. The van der Waals surface area contributed by atoms with Crippen molar-refractivity contribution in [3.8, 4) is 11.3 Å². The number of nitrogens with one attached hydrogen (secondary N) is 1. The summed E-state index contributed by atoms with van der Waals surface area (Å²) in [5, 5.41) is 0.142. The first-order valence-corrected chi connectivity index (χ1v) is 4.20. The second-order valence-corrected chi connectivity index (χ2v) is 3.07. The first-order chi connectivity index (χ1) is 6.66. The van der Waals surface area contributed by atoms with Crippen LogP contribution in [0.4, 0.5) is 8.78 Å². The zero-order valence-corrected chi connectivity index (χ0v) is 7.65. The average molecular weight is 215 g/mol. The Bertz CT molecular complexity index is 468. The van der Waals surface area contributed by atoms with Crippen LogP contribution in [0.5, 0.6) is 0 Å². The molecule has 0 saturated heterocycles. The maximum Gasteiger partial charge on any atom is 0.200 e. The van der Waals surface area contributed by atoms with Crippen LogP contribution in [0.15, 0.2) is 24.4 Å². The highest BCUT2D eigenvalue weighted by Crippen LogP contribution is 2.22. The molecule has 72 valence electrons. The molecule has 2 nitrogen and oxygen atoms in total. The number of hydrogen-bond acceptors (Lipinski definition) is 1. The second-order valence-electron chi connectivity index (χ2n) is 2.71. The second kappa shape index (κ2) is 3.38. The van der Waals surface area contributed by atoms with Gasteiger partial charge in [-0.05, 0) is 29.8 Å². The van der Waals surface area contributed by atoms with Gasteiger partial charge < -0.3 is 4.98 Å². The number of rotatable bonds is 1. The van der Waals surface area contributed by atoms with Crippen LogP contribution in [-0.4, -0.2) is 9.97 Å². The maximum absolute atomic E-state index is 13.2. The lowest BCUT2D eigenvalue weighted by Crippen LogP contribution is -1.86. The molecule has 5 heteroatoms. The predicted octanol–water partition coefficient (Wildman–Crippen LogP) is 3.01. The minimum atomic E-state index is -0.522. The van der Waals surface area contributed by atoms with E-state index < -0.39 is 11.6 Å². The fourth-order valence-electron chi connectivity index (χ4n) is 1.14. The van der Waals surface area contributed by atoms with E-state index in [1.54, 1.807) is 0 Å². The molecule has 1 N–H and O–H groups in total. The van der Waals surface area contributed by atoms with Crippen molar-refractivity contribution in [1.29, 1.82) is 0 Å². The van der Waals surface area contributed by atoms with E-state index in [0.29, 0.717) is 5.69 Å². The molecule has 14 heavy (non-hydrogen) atoms. The van der Waals surface area contributed by atoms with E-state index in [1.807, 2.05) is 0 Å². The molecule has 0 bridgehead atoms. The molecule has 0 amide bonds. The molecule has 1 aromatic carbocycles. The maximum atomic E-state index is 13.2. The van der Waals surface area contributed by atoms with Gasteiger partial charge >= 0.3 is 0 Å². The Morgan fingerprint density at radius 1 is 1.29 bits per heavy atom. The molecule has 2 aromatic rings. The third-order valence-corrected chi connectivity index (χ3v) is 1.96. The number of aromatic amines is 1. The van der Waals surface area contributed by atoms with Crippen LogP contribution in [0.25, 0.3) is 11.3 Å². The molecule has 1 heterocycles. The summed E-state index contributed by atoms with van der Waals surface area (Å²) in [6.07, 6.45) is 1.35. The minimum Gasteiger partial charge on any atom is -0.329 e. The molecular weight excluding hydrogens is 210 g/mol. The molecule has 1 aromatic heterocycles. The van der Waals surface area contributed by atoms with Crippen LogP contribution in [-0.2, 0) is 0 Å². The van der Waals surface area contributed by atoms with E-state index >= 15 is 0 Å². The summed E-state index contributed by atoms with van der Waals surface area (Å²) in [7, 11) is 0. The van der Waals surface area contributed by atoms with Gasteiger partial charge in [0.2, 0.25) is 0 Å². The summed E-state index contributed by atoms with van der Waals surface area (Å²) in [6, 6.07) is 3.19. The van der Waals surface area contributed by atoms with Gasteiger partial charge in [-0.15, -0.1) is 0 Å². The highest BCUT2D eigenvalue weighted by molar-refractivity contribution is 6.28. The third kappa shape index (κ3) is 1.61. The Labute approximate surface area is 83.6 Å². The van der Waals surface area contributed by atoms with Crippen molar-refractivity contribution < 1.29 is 8.78 Å². The third-order valence-electron chi connectivity index (χ3n) is 1.76. The highest BCUT2D eigenvalue weighted by atomic mass is 35.5. The van der Waals surface area contributed by atoms with Gasteiger partial charge in [0.05, 0.1) is 11.9 Å². The molecule has 0 aliphatic heterocycles. The summed E-state index contributed by atoms with van der Waals surface area (Å²) in [5.41, 5.74) is 0.469. The Morgan fingerprint density at radius 3 is 2.71 bits per heavy atom. The van der Waals surface area contributed by atoms with Gasteiger partial charge in [-0.2, -0.15) is 0 Å². The van der Waals surface area contributed by atoms with Crippen LogP contribution < -0.4 is 0 Å². The lowest BCUT2D eigenvalue weighted by atomic mass is 10.1. The standard InChI is InChI=1S/C9H5ClF2N2/c10-9-13-4-8(14-9)6-3-5(11)1-2-7(6)12/h1-4H,(H,13,14). The number of benzene rings is 1. The van der Waals surface area contributed by atoms with E-state index in [9.17, 15) is 8.78 Å². The van der Waals surface area contributed by atoms with Crippen LogP contribution in [0, 0.1) is 11.6 Å². The van der Waals surface area contributed by atoms with Crippen molar-refractivity contribution in [3.63, 3.8) is 0 Å². The lowest BCUT2D eigenvalue weighted by Gasteiger charge is -1.99. The Hall–Kier alpha value is -1.42. The molecule has 0 unspecified atom stereocenters. The molecule has 2 rings (SSSR count). The molecule has 0 aliphatic rings. The largest absolute Gasteiger partial charge is 0.329 e. The van der Waals surface area contributed by atoms with Gasteiger partial charge in [0.1, 0.15) is 11.6 Å². The van der Waals surface area contributed by atoms with Crippen LogP contribution in [0.1, 0.15) is 0 Å². The van der Waals surface area contributed by atoms with E-state index in [1.165, 1.54) is 6.20 Å². The van der Waals surface area contributed by atoms with Crippen molar-refractivity contribution in [2.45, 2.75) is 0 Å². The molecule has 0 atom stereocenters. The van der Waals surface area contributed by atoms with Crippen LogP contribution in [0.3, 0.4) is 0 Å². The van der Waals surface area contributed by atoms with Gasteiger partial charge in [-0.3, -0.25) is 0 Å². The topological polar surface area (TPSA) is 28.7 Å². The van der Waals surface area contributed by atoms with Crippen LogP contribution >= 0.6 is 11.6 Å². The van der Waals surface area contributed by atoms with E-state index in [4.69, 9.17) is 11.6 Å². The number of H-pyrrole nitrogens is 1. The van der Waals surface area contributed by atoms with Crippen molar-refractivity contribution in [2.75, 3.05) is 0 Å². The van der Waals surface area contributed by atoms with Gasteiger partial charge in [0.25, 0.3) is 0 Å². The SMILES string of the molecule is Fc1ccc(F)c(-c2cnc(Cl)[nH]2)c1. The smallest absolute Gasteiger partial charge is 0.200 e. The quantitative estimate of drug-likeness (QED) is 0.777. The Kier molecular flexibility index (Phi) is 2.21. The molecule has 0 saturated carbocycles. The fourth-order valence-corrected chi connectivity index (χ4v) is 1.29. The normalized spacial score (nSPS) is 10.5. The van der Waals surface area contributed by atoms with Crippen molar-refractivity contribution in [3.05, 3.63) is 41.3 Å². The highest BCUT2D eigenvalue weighted by Gasteiger charge is 2.08. The molecular formula is C9H5ClF2N2. The minimum absolute atomic E-state index is 0.115. The van der Waals surface area contributed by atoms with Gasteiger partial charge in [-0.1, -0.05) is 0 Å². The zero-order valence-electron chi connectivity index (χ0n) is 6.89. The summed E-state index contributed by atoms with van der Waals surface area (Å²) >= 11 is 5.52. The molecule has 0 aliphatic carbocycles. The zero-order chi connectivity index (χ0) is 10.1. The number of halogens is 3. The van der Waals surface area contributed by atoms with E-state index in [0.717, 1.165) is 18.2 Å². The number of hydrogen-bond donors (Lipinski definition) is 1. The van der Waals surface area contributed by atoms with E-state index in [-0.39, 0.29) is 10.8 Å². The van der Waals surface area contributed by atoms with Gasteiger partial charge in [0.15, 0.2) is 5.28 Å². The summed E-state index contributed by atoms with van der Waals surface area (Å²) in [6.45, 7) is 0. The monoisotopic (exact) mass is 214 g/mol. The molecule has 0 fully saturated rings. The van der Waals surface area contributed by atoms with Crippen molar-refractivity contribution in [2.24, 2.45) is 0 Å². The first-order valence-electron chi connectivity index (χ1n) is 3.83.